The second kappa shape index (κ2) is 7.20. The smallest absolute Gasteiger partial charge is 0.255 e. The van der Waals surface area contributed by atoms with Gasteiger partial charge in [-0.1, -0.05) is 18.2 Å². The first kappa shape index (κ1) is 16.7. The molecular formula is C19H18N2OS2. The zero-order valence-electron chi connectivity index (χ0n) is 13.8. The fraction of sp³-hybridized carbons (Fsp3) is 0.158. The Balaban J connectivity index is 1.77. The van der Waals surface area contributed by atoms with Crippen molar-refractivity contribution in [3.8, 4) is 11.3 Å². The number of aryl methyl sites for hydroxylation is 2. The second-order valence-corrected chi connectivity index (χ2v) is 7.41. The molecule has 0 saturated carbocycles. The first-order valence-electron chi connectivity index (χ1n) is 7.55. The lowest BCUT2D eigenvalue weighted by Crippen LogP contribution is -2.13. The van der Waals surface area contributed by atoms with Crippen LogP contribution in [-0.2, 0) is 0 Å². The fourth-order valence-electron chi connectivity index (χ4n) is 2.39. The average Bonchev–Trinajstić information content (AvgIpc) is 3.02. The van der Waals surface area contributed by atoms with E-state index in [-0.39, 0.29) is 5.91 Å². The zero-order chi connectivity index (χ0) is 17.1. The first-order valence-corrected chi connectivity index (χ1v) is 9.66. The van der Waals surface area contributed by atoms with Crippen molar-refractivity contribution >= 4 is 34.7 Å². The van der Waals surface area contributed by atoms with E-state index in [1.807, 2.05) is 67.9 Å². The summed E-state index contributed by atoms with van der Waals surface area (Å²) in [4.78, 5) is 18.1. The summed E-state index contributed by atoms with van der Waals surface area (Å²) in [6, 6.07) is 13.7. The van der Waals surface area contributed by atoms with Crippen LogP contribution < -0.4 is 5.32 Å². The van der Waals surface area contributed by atoms with Gasteiger partial charge in [-0.05, 0) is 49.9 Å². The van der Waals surface area contributed by atoms with Crippen LogP contribution in [0.4, 0.5) is 5.69 Å². The standard InChI is InChI=1S/C19H18N2OS2/c1-12-4-9-16(23-3)10-17(12)19(22)21-15-7-5-14(6-8-15)18-11-24-13(2)20-18/h4-11H,1-3H3,(H,21,22). The fourth-order valence-corrected chi connectivity index (χ4v) is 3.45. The van der Waals surface area contributed by atoms with E-state index in [0.29, 0.717) is 5.56 Å². The third-order valence-electron chi connectivity index (χ3n) is 3.75. The molecule has 1 heterocycles. The molecule has 5 heteroatoms. The Morgan fingerprint density at radius 1 is 1.12 bits per heavy atom. The largest absolute Gasteiger partial charge is 0.322 e. The van der Waals surface area contributed by atoms with Crippen molar-refractivity contribution in [1.29, 1.82) is 0 Å². The van der Waals surface area contributed by atoms with Crippen LogP contribution in [0.5, 0.6) is 0 Å². The third kappa shape index (κ3) is 3.68. The van der Waals surface area contributed by atoms with E-state index in [9.17, 15) is 4.79 Å². The van der Waals surface area contributed by atoms with Gasteiger partial charge in [0.15, 0.2) is 0 Å². The van der Waals surface area contributed by atoms with Gasteiger partial charge in [-0.25, -0.2) is 4.98 Å². The molecule has 2 aromatic carbocycles. The quantitative estimate of drug-likeness (QED) is 0.638. The van der Waals surface area contributed by atoms with Gasteiger partial charge < -0.3 is 5.32 Å². The van der Waals surface area contributed by atoms with Gasteiger partial charge in [0.25, 0.3) is 5.91 Å². The maximum Gasteiger partial charge on any atom is 0.255 e. The number of rotatable bonds is 4. The van der Waals surface area contributed by atoms with Crippen molar-refractivity contribution in [3.05, 3.63) is 64.0 Å². The Bertz CT molecular complexity index is 869. The number of nitrogens with one attached hydrogen (secondary N) is 1. The minimum atomic E-state index is -0.0827. The van der Waals surface area contributed by atoms with Crippen LogP contribution in [0.15, 0.2) is 52.7 Å². The predicted molar refractivity (Wildman–Crippen MR) is 103 cm³/mol. The molecule has 1 amide bonds. The number of amides is 1. The van der Waals surface area contributed by atoms with E-state index in [1.54, 1.807) is 23.1 Å². The summed E-state index contributed by atoms with van der Waals surface area (Å²) >= 11 is 3.26. The topological polar surface area (TPSA) is 42.0 Å². The normalized spacial score (nSPS) is 10.6. The molecule has 0 bridgehead atoms. The molecule has 3 aromatic rings. The summed E-state index contributed by atoms with van der Waals surface area (Å²) in [6.07, 6.45) is 2.01. The highest BCUT2D eigenvalue weighted by Gasteiger charge is 2.10. The highest BCUT2D eigenvalue weighted by atomic mass is 32.2. The number of hydrogen-bond acceptors (Lipinski definition) is 4. The number of thioether (sulfide) groups is 1. The number of thiazole rings is 1. The van der Waals surface area contributed by atoms with Gasteiger partial charge in [-0.3, -0.25) is 4.79 Å². The minimum absolute atomic E-state index is 0.0827. The molecule has 0 aliphatic rings. The Hall–Kier alpha value is -2.11. The Morgan fingerprint density at radius 3 is 2.50 bits per heavy atom. The van der Waals surface area contributed by atoms with Crippen LogP contribution in [0.1, 0.15) is 20.9 Å². The van der Waals surface area contributed by atoms with Gasteiger partial charge >= 0.3 is 0 Å². The second-order valence-electron chi connectivity index (χ2n) is 5.46. The maximum atomic E-state index is 12.5. The molecule has 0 radical (unpaired) electrons. The number of carbonyl (C=O) groups excluding carboxylic acids is 1. The monoisotopic (exact) mass is 354 g/mol. The lowest BCUT2D eigenvalue weighted by Gasteiger charge is -2.09. The van der Waals surface area contributed by atoms with Gasteiger partial charge in [0, 0.05) is 27.1 Å². The van der Waals surface area contributed by atoms with E-state index < -0.39 is 0 Å². The third-order valence-corrected chi connectivity index (χ3v) is 5.25. The van der Waals surface area contributed by atoms with Gasteiger partial charge in [-0.15, -0.1) is 23.1 Å². The number of carbonyl (C=O) groups is 1. The highest BCUT2D eigenvalue weighted by Crippen LogP contribution is 2.24. The molecular weight excluding hydrogens is 336 g/mol. The van der Waals surface area contributed by atoms with Crippen LogP contribution in [0.25, 0.3) is 11.3 Å². The molecule has 0 saturated heterocycles. The summed E-state index contributed by atoms with van der Waals surface area (Å²) in [5.74, 6) is -0.0827. The van der Waals surface area contributed by atoms with E-state index in [4.69, 9.17) is 0 Å². The van der Waals surface area contributed by atoms with Crippen LogP contribution in [0, 0.1) is 13.8 Å². The van der Waals surface area contributed by atoms with Gasteiger partial charge in [-0.2, -0.15) is 0 Å². The molecule has 0 unspecified atom stereocenters. The number of aromatic nitrogens is 1. The number of benzene rings is 2. The number of hydrogen-bond donors (Lipinski definition) is 1. The van der Waals surface area contributed by atoms with Gasteiger partial charge in [0.05, 0.1) is 10.7 Å². The van der Waals surface area contributed by atoms with E-state index in [2.05, 4.69) is 10.3 Å². The van der Waals surface area contributed by atoms with Crippen molar-refractivity contribution in [2.75, 3.05) is 11.6 Å². The minimum Gasteiger partial charge on any atom is -0.322 e. The predicted octanol–water partition coefficient (Wildman–Crippen LogP) is 5.40. The summed E-state index contributed by atoms with van der Waals surface area (Å²) in [7, 11) is 0. The molecule has 0 aliphatic carbocycles. The van der Waals surface area contributed by atoms with Gasteiger partial charge in [0.1, 0.15) is 0 Å². The Morgan fingerprint density at radius 2 is 1.88 bits per heavy atom. The molecule has 3 rings (SSSR count). The van der Waals surface area contributed by atoms with Crippen molar-refractivity contribution < 1.29 is 4.79 Å². The molecule has 3 nitrogen and oxygen atoms in total. The van der Waals surface area contributed by atoms with Crippen LogP contribution >= 0.6 is 23.1 Å². The summed E-state index contributed by atoms with van der Waals surface area (Å²) in [5.41, 5.74) is 4.49. The van der Waals surface area contributed by atoms with Crippen molar-refractivity contribution in [2.45, 2.75) is 18.7 Å². The lowest BCUT2D eigenvalue weighted by molar-refractivity contribution is 0.102. The summed E-state index contributed by atoms with van der Waals surface area (Å²) in [5, 5.41) is 6.06. The molecule has 0 aliphatic heterocycles. The average molecular weight is 355 g/mol. The number of anilines is 1. The summed E-state index contributed by atoms with van der Waals surface area (Å²) < 4.78 is 0. The molecule has 1 N–H and O–H groups in total. The molecule has 24 heavy (non-hydrogen) atoms. The molecule has 1 aromatic heterocycles. The van der Waals surface area contributed by atoms with E-state index >= 15 is 0 Å². The SMILES string of the molecule is CSc1ccc(C)c(C(=O)Nc2ccc(-c3csc(C)n3)cc2)c1. The first-order chi connectivity index (χ1) is 11.6. The van der Waals surface area contributed by atoms with Crippen LogP contribution in [0.3, 0.4) is 0 Å². The molecule has 122 valence electrons. The summed E-state index contributed by atoms with van der Waals surface area (Å²) in [6.45, 7) is 3.94. The van der Waals surface area contributed by atoms with Crippen molar-refractivity contribution in [1.82, 2.24) is 4.98 Å². The van der Waals surface area contributed by atoms with Crippen LogP contribution in [-0.4, -0.2) is 17.1 Å². The van der Waals surface area contributed by atoms with E-state index in [0.717, 1.165) is 32.4 Å². The van der Waals surface area contributed by atoms with Crippen LogP contribution in [0.2, 0.25) is 0 Å². The lowest BCUT2D eigenvalue weighted by atomic mass is 10.1. The van der Waals surface area contributed by atoms with E-state index in [1.165, 1.54) is 0 Å². The Labute approximate surface area is 150 Å². The highest BCUT2D eigenvalue weighted by molar-refractivity contribution is 7.98. The maximum absolute atomic E-state index is 12.5. The Kier molecular flexibility index (Phi) is 5.02. The molecule has 0 fully saturated rings. The molecule has 0 spiro atoms. The number of nitrogens with zero attached hydrogens (tertiary/aromatic N) is 1. The molecule has 0 atom stereocenters. The van der Waals surface area contributed by atoms with Crippen molar-refractivity contribution in [2.24, 2.45) is 0 Å². The zero-order valence-corrected chi connectivity index (χ0v) is 15.4. The van der Waals surface area contributed by atoms with Gasteiger partial charge in [0.2, 0.25) is 0 Å². The van der Waals surface area contributed by atoms with Crippen molar-refractivity contribution in [3.63, 3.8) is 0 Å².